The van der Waals surface area contributed by atoms with Crippen molar-refractivity contribution in [3.63, 3.8) is 0 Å². The van der Waals surface area contributed by atoms with Crippen LogP contribution in [0.2, 0.25) is 5.15 Å². The second kappa shape index (κ2) is 5.92. The van der Waals surface area contributed by atoms with E-state index in [9.17, 15) is 4.79 Å². The van der Waals surface area contributed by atoms with Gasteiger partial charge in [0.05, 0.1) is 11.4 Å². The van der Waals surface area contributed by atoms with E-state index in [0.717, 1.165) is 5.69 Å². The number of rotatable bonds is 3. The molecule has 5 heteroatoms. The van der Waals surface area contributed by atoms with Crippen LogP contribution in [0.3, 0.4) is 0 Å². The second-order valence-electron chi connectivity index (χ2n) is 4.67. The molecule has 0 bridgehead atoms. The first kappa shape index (κ1) is 14.3. The summed E-state index contributed by atoms with van der Waals surface area (Å²) >= 11 is 5.80. The smallest absolute Gasteiger partial charge is 0.255 e. The molecule has 0 radical (unpaired) electrons. The fraction of sp³-hybridized carbons (Fsp3) is 0.200. The summed E-state index contributed by atoms with van der Waals surface area (Å²) in [6.45, 7) is 1.80. The van der Waals surface area contributed by atoms with Crippen molar-refractivity contribution in [2.45, 2.75) is 6.92 Å². The standard InChI is InChI=1S/C15H16ClN3O/c1-10-13(7-8-14(16)17-10)18-15(20)11-5-4-6-12(9-11)19(2)3/h4-9H,1-3H3,(H,18,20). The number of anilines is 2. The molecule has 1 aromatic heterocycles. The van der Waals surface area contributed by atoms with Crippen molar-refractivity contribution in [3.8, 4) is 0 Å². The van der Waals surface area contributed by atoms with Crippen molar-refractivity contribution in [2.24, 2.45) is 0 Å². The average molecular weight is 290 g/mol. The zero-order chi connectivity index (χ0) is 14.7. The Morgan fingerprint density at radius 1 is 1.25 bits per heavy atom. The largest absolute Gasteiger partial charge is 0.378 e. The zero-order valence-electron chi connectivity index (χ0n) is 11.6. The van der Waals surface area contributed by atoms with Crippen molar-refractivity contribution >= 4 is 28.9 Å². The lowest BCUT2D eigenvalue weighted by Gasteiger charge is -2.14. The van der Waals surface area contributed by atoms with Gasteiger partial charge in [0.2, 0.25) is 0 Å². The van der Waals surface area contributed by atoms with Gasteiger partial charge in [-0.15, -0.1) is 0 Å². The lowest BCUT2D eigenvalue weighted by Crippen LogP contribution is -2.15. The minimum Gasteiger partial charge on any atom is -0.378 e. The summed E-state index contributed by atoms with van der Waals surface area (Å²) in [5.74, 6) is -0.166. The number of halogens is 1. The van der Waals surface area contributed by atoms with Gasteiger partial charge in [-0.05, 0) is 37.3 Å². The van der Waals surface area contributed by atoms with Gasteiger partial charge in [0, 0.05) is 25.3 Å². The summed E-state index contributed by atoms with van der Waals surface area (Å²) in [6, 6.07) is 10.8. The van der Waals surface area contributed by atoms with E-state index in [1.165, 1.54) is 0 Å². The fourth-order valence-electron chi connectivity index (χ4n) is 1.78. The van der Waals surface area contributed by atoms with Crippen LogP contribution in [0.15, 0.2) is 36.4 Å². The molecule has 1 aromatic carbocycles. The van der Waals surface area contributed by atoms with Crippen LogP contribution in [0.5, 0.6) is 0 Å². The van der Waals surface area contributed by atoms with Crippen molar-refractivity contribution in [2.75, 3.05) is 24.3 Å². The number of benzene rings is 1. The molecule has 1 amide bonds. The van der Waals surface area contributed by atoms with Crippen LogP contribution in [0, 0.1) is 6.92 Å². The SMILES string of the molecule is Cc1nc(Cl)ccc1NC(=O)c1cccc(N(C)C)c1. The molecule has 2 aromatic rings. The van der Waals surface area contributed by atoms with Crippen LogP contribution in [0.1, 0.15) is 16.1 Å². The first-order valence-electron chi connectivity index (χ1n) is 6.19. The van der Waals surface area contributed by atoms with Crippen LogP contribution < -0.4 is 10.2 Å². The van der Waals surface area contributed by atoms with Crippen LogP contribution >= 0.6 is 11.6 Å². The third-order valence-electron chi connectivity index (χ3n) is 2.92. The third kappa shape index (κ3) is 3.27. The molecule has 2 rings (SSSR count). The topological polar surface area (TPSA) is 45.2 Å². The number of nitrogens with one attached hydrogen (secondary N) is 1. The Morgan fingerprint density at radius 3 is 2.65 bits per heavy atom. The Labute approximate surface area is 123 Å². The predicted molar refractivity (Wildman–Crippen MR) is 82.7 cm³/mol. The highest BCUT2D eigenvalue weighted by molar-refractivity contribution is 6.29. The maximum Gasteiger partial charge on any atom is 0.255 e. The summed E-state index contributed by atoms with van der Waals surface area (Å²) in [7, 11) is 3.87. The molecule has 0 aliphatic rings. The Hall–Kier alpha value is -2.07. The van der Waals surface area contributed by atoms with E-state index in [1.54, 1.807) is 25.1 Å². The summed E-state index contributed by atoms with van der Waals surface area (Å²) in [4.78, 5) is 18.3. The molecule has 4 nitrogen and oxygen atoms in total. The van der Waals surface area contributed by atoms with E-state index < -0.39 is 0 Å². The maximum absolute atomic E-state index is 12.2. The van der Waals surface area contributed by atoms with Gasteiger partial charge in [0.15, 0.2) is 0 Å². The van der Waals surface area contributed by atoms with Crippen molar-refractivity contribution in [3.05, 3.63) is 52.8 Å². The first-order chi connectivity index (χ1) is 9.47. The molecule has 1 heterocycles. The number of aryl methyl sites for hydroxylation is 1. The molecule has 0 aliphatic heterocycles. The molecule has 20 heavy (non-hydrogen) atoms. The van der Waals surface area contributed by atoms with E-state index in [1.807, 2.05) is 37.2 Å². The van der Waals surface area contributed by atoms with Crippen molar-refractivity contribution in [1.82, 2.24) is 4.98 Å². The predicted octanol–water partition coefficient (Wildman–Crippen LogP) is 3.36. The monoisotopic (exact) mass is 289 g/mol. The van der Waals surface area contributed by atoms with Gasteiger partial charge in [-0.1, -0.05) is 17.7 Å². The number of hydrogen-bond donors (Lipinski definition) is 1. The summed E-state index contributed by atoms with van der Waals surface area (Å²) < 4.78 is 0. The highest BCUT2D eigenvalue weighted by atomic mass is 35.5. The van der Waals surface area contributed by atoms with Crippen LogP contribution in [0.25, 0.3) is 0 Å². The van der Waals surface area contributed by atoms with E-state index >= 15 is 0 Å². The number of pyridine rings is 1. The normalized spacial score (nSPS) is 10.2. The van der Waals surface area contributed by atoms with Gasteiger partial charge >= 0.3 is 0 Å². The summed E-state index contributed by atoms with van der Waals surface area (Å²) in [5.41, 5.74) is 2.93. The fourth-order valence-corrected chi connectivity index (χ4v) is 1.97. The quantitative estimate of drug-likeness (QED) is 0.881. The molecular formula is C15H16ClN3O. The minimum atomic E-state index is -0.166. The number of aromatic nitrogens is 1. The number of amides is 1. The van der Waals surface area contributed by atoms with Crippen LogP contribution in [-0.4, -0.2) is 25.0 Å². The molecule has 0 atom stereocenters. The van der Waals surface area contributed by atoms with E-state index in [-0.39, 0.29) is 5.91 Å². The molecule has 0 spiro atoms. The van der Waals surface area contributed by atoms with E-state index in [2.05, 4.69) is 10.3 Å². The third-order valence-corrected chi connectivity index (χ3v) is 3.14. The van der Waals surface area contributed by atoms with Gasteiger partial charge < -0.3 is 10.2 Å². The molecule has 0 aliphatic carbocycles. The average Bonchev–Trinajstić information content (AvgIpc) is 2.42. The highest BCUT2D eigenvalue weighted by Crippen LogP contribution is 2.18. The van der Waals surface area contributed by atoms with E-state index in [4.69, 9.17) is 11.6 Å². The lowest BCUT2D eigenvalue weighted by molar-refractivity contribution is 0.102. The molecule has 104 valence electrons. The number of carbonyl (C=O) groups excluding carboxylic acids is 1. The van der Waals surface area contributed by atoms with Crippen molar-refractivity contribution < 1.29 is 4.79 Å². The first-order valence-corrected chi connectivity index (χ1v) is 6.57. The molecule has 1 N–H and O–H groups in total. The minimum absolute atomic E-state index is 0.166. The lowest BCUT2D eigenvalue weighted by atomic mass is 10.1. The van der Waals surface area contributed by atoms with Gasteiger partial charge in [-0.2, -0.15) is 0 Å². The Kier molecular flexibility index (Phi) is 4.25. The summed E-state index contributed by atoms with van der Waals surface area (Å²) in [5, 5.41) is 3.25. The number of nitrogens with zero attached hydrogens (tertiary/aromatic N) is 2. The zero-order valence-corrected chi connectivity index (χ0v) is 12.4. The highest BCUT2D eigenvalue weighted by Gasteiger charge is 2.09. The van der Waals surface area contributed by atoms with Gasteiger partial charge in [-0.3, -0.25) is 4.79 Å². The Bertz CT molecular complexity index is 641. The molecule has 0 fully saturated rings. The molecular weight excluding hydrogens is 274 g/mol. The van der Waals surface area contributed by atoms with Gasteiger partial charge in [-0.25, -0.2) is 4.98 Å². The molecule has 0 saturated carbocycles. The number of hydrogen-bond acceptors (Lipinski definition) is 3. The van der Waals surface area contributed by atoms with Crippen LogP contribution in [0.4, 0.5) is 11.4 Å². The Morgan fingerprint density at radius 2 is 2.00 bits per heavy atom. The van der Waals surface area contributed by atoms with Crippen molar-refractivity contribution in [1.29, 1.82) is 0 Å². The molecule has 0 saturated heterocycles. The second-order valence-corrected chi connectivity index (χ2v) is 5.05. The van der Waals surface area contributed by atoms with Gasteiger partial charge in [0.1, 0.15) is 5.15 Å². The van der Waals surface area contributed by atoms with Crippen LogP contribution in [-0.2, 0) is 0 Å². The molecule has 0 unspecified atom stereocenters. The van der Waals surface area contributed by atoms with Gasteiger partial charge in [0.25, 0.3) is 5.91 Å². The summed E-state index contributed by atoms with van der Waals surface area (Å²) in [6.07, 6.45) is 0. The number of carbonyl (C=O) groups is 1. The Balaban J connectivity index is 2.21. The maximum atomic E-state index is 12.2. The van der Waals surface area contributed by atoms with E-state index in [0.29, 0.717) is 22.1 Å².